The molecule has 0 spiro atoms. The van der Waals surface area contributed by atoms with Crippen LogP contribution in [0.15, 0.2) is 30.6 Å². The van der Waals surface area contributed by atoms with Gasteiger partial charge in [-0.05, 0) is 63.7 Å². The number of carbonyl (C=O) groups is 2. The number of hydrogen-bond acceptors (Lipinski definition) is 7. The molecule has 2 aromatic heterocycles. The van der Waals surface area contributed by atoms with Gasteiger partial charge in [0.15, 0.2) is 0 Å². The Bertz CT molecular complexity index is 1070. The lowest BCUT2D eigenvalue weighted by atomic mass is 10.0. The SMILES string of the molecule is CCCNc1ncc(-c2cc(C)c3cc(C)c(NC(=O)CN(C)C)cc3n2)cn1.O=CO. The van der Waals surface area contributed by atoms with Crippen molar-refractivity contribution in [2.45, 2.75) is 27.2 Å². The van der Waals surface area contributed by atoms with Gasteiger partial charge in [0.1, 0.15) is 0 Å². The fourth-order valence-electron chi connectivity index (χ4n) is 3.10. The van der Waals surface area contributed by atoms with Crippen LogP contribution in [0.1, 0.15) is 24.5 Å². The highest BCUT2D eigenvalue weighted by Gasteiger charge is 2.11. The maximum atomic E-state index is 12.2. The van der Waals surface area contributed by atoms with Gasteiger partial charge in [0.2, 0.25) is 11.9 Å². The summed E-state index contributed by atoms with van der Waals surface area (Å²) in [7, 11) is 3.74. The van der Waals surface area contributed by atoms with Crippen LogP contribution in [-0.4, -0.2) is 64.5 Å². The molecular formula is C23H30N6O3. The van der Waals surface area contributed by atoms with Crippen molar-refractivity contribution in [2.75, 3.05) is 37.8 Å². The fourth-order valence-corrected chi connectivity index (χ4v) is 3.10. The number of rotatable bonds is 7. The molecule has 2 heterocycles. The summed E-state index contributed by atoms with van der Waals surface area (Å²) in [5.74, 6) is 0.573. The molecule has 0 saturated carbocycles. The average molecular weight is 439 g/mol. The predicted molar refractivity (Wildman–Crippen MR) is 127 cm³/mol. The van der Waals surface area contributed by atoms with E-state index in [4.69, 9.17) is 14.9 Å². The van der Waals surface area contributed by atoms with E-state index in [1.54, 1.807) is 12.4 Å². The molecule has 3 N–H and O–H groups in total. The van der Waals surface area contributed by atoms with Gasteiger partial charge in [-0.3, -0.25) is 9.59 Å². The van der Waals surface area contributed by atoms with Crippen molar-refractivity contribution in [3.63, 3.8) is 0 Å². The number of nitrogens with zero attached hydrogens (tertiary/aromatic N) is 4. The van der Waals surface area contributed by atoms with Crippen molar-refractivity contribution in [1.82, 2.24) is 19.9 Å². The Morgan fingerprint density at radius 3 is 2.38 bits per heavy atom. The minimum atomic E-state index is -0.250. The standard InChI is InChI=1S/C22H28N6O.CH2O2/c1-6-7-23-22-24-11-16(12-25-22)19-9-14(2)17-8-15(3)18(10-20(17)26-19)27-21(29)13-28(4)5;2-1-3/h8-12H,6-7,13H2,1-5H3,(H,27,29)(H,23,24,25);1H,(H,2,3). The number of hydrogen-bond donors (Lipinski definition) is 3. The minimum absolute atomic E-state index is 0.0473. The number of benzene rings is 1. The van der Waals surface area contributed by atoms with Crippen LogP contribution < -0.4 is 10.6 Å². The second-order valence-corrected chi connectivity index (χ2v) is 7.62. The Labute approximate surface area is 187 Å². The van der Waals surface area contributed by atoms with E-state index in [9.17, 15) is 4.79 Å². The first kappa shape index (κ1) is 24.7. The number of amides is 1. The molecule has 1 aromatic carbocycles. The van der Waals surface area contributed by atoms with Crippen LogP contribution in [0.4, 0.5) is 11.6 Å². The molecule has 1 amide bonds. The van der Waals surface area contributed by atoms with Gasteiger partial charge in [-0.15, -0.1) is 0 Å². The molecule has 0 radical (unpaired) electrons. The molecule has 3 rings (SSSR count). The zero-order chi connectivity index (χ0) is 23.7. The molecule has 0 atom stereocenters. The second-order valence-electron chi connectivity index (χ2n) is 7.62. The van der Waals surface area contributed by atoms with Crippen LogP contribution in [0.3, 0.4) is 0 Å². The van der Waals surface area contributed by atoms with Crippen molar-refractivity contribution in [3.8, 4) is 11.3 Å². The minimum Gasteiger partial charge on any atom is -0.483 e. The number of nitrogens with one attached hydrogen (secondary N) is 2. The first-order valence-corrected chi connectivity index (χ1v) is 10.3. The van der Waals surface area contributed by atoms with Crippen molar-refractivity contribution in [2.24, 2.45) is 0 Å². The second kappa shape index (κ2) is 11.7. The van der Waals surface area contributed by atoms with E-state index < -0.39 is 0 Å². The summed E-state index contributed by atoms with van der Waals surface area (Å²) in [6, 6.07) is 6.05. The molecule has 3 aromatic rings. The van der Waals surface area contributed by atoms with Gasteiger partial charge < -0.3 is 20.6 Å². The molecule has 0 bridgehead atoms. The van der Waals surface area contributed by atoms with Gasteiger partial charge in [0.05, 0.1) is 17.8 Å². The van der Waals surface area contributed by atoms with E-state index in [0.29, 0.717) is 12.5 Å². The van der Waals surface area contributed by atoms with E-state index in [1.807, 2.05) is 38.1 Å². The lowest BCUT2D eigenvalue weighted by Gasteiger charge is -2.14. The summed E-state index contributed by atoms with van der Waals surface area (Å²) in [6.45, 7) is 7.08. The normalized spacial score (nSPS) is 10.4. The van der Waals surface area contributed by atoms with Crippen molar-refractivity contribution in [3.05, 3.63) is 41.7 Å². The number of anilines is 2. The average Bonchev–Trinajstić information content (AvgIpc) is 2.73. The Kier molecular flexibility index (Phi) is 9.03. The Morgan fingerprint density at radius 1 is 1.12 bits per heavy atom. The summed E-state index contributed by atoms with van der Waals surface area (Å²) < 4.78 is 0. The van der Waals surface area contributed by atoms with Crippen molar-refractivity contribution < 1.29 is 14.7 Å². The summed E-state index contributed by atoms with van der Waals surface area (Å²) in [6.07, 6.45) is 4.59. The first-order chi connectivity index (χ1) is 15.3. The van der Waals surface area contributed by atoms with Crippen LogP contribution in [0, 0.1) is 13.8 Å². The van der Waals surface area contributed by atoms with Gasteiger partial charge in [0.25, 0.3) is 6.47 Å². The Hall–Kier alpha value is -3.59. The Morgan fingerprint density at radius 2 is 1.78 bits per heavy atom. The Balaban J connectivity index is 0.00000114. The summed E-state index contributed by atoms with van der Waals surface area (Å²) in [5.41, 5.74) is 5.41. The maximum Gasteiger partial charge on any atom is 0.290 e. The lowest BCUT2D eigenvalue weighted by Crippen LogP contribution is -2.27. The first-order valence-electron chi connectivity index (χ1n) is 10.3. The van der Waals surface area contributed by atoms with E-state index in [1.165, 1.54) is 0 Å². The van der Waals surface area contributed by atoms with Gasteiger partial charge in [-0.25, -0.2) is 15.0 Å². The largest absolute Gasteiger partial charge is 0.483 e. The smallest absolute Gasteiger partial charge is 0.290 e. The topological polar surface area (TPSA) is 120 Å². The number of likely N-dealkylation sites (N-methyl/N-ethyl adjacent to an activating group) is 1. The molecule has 32 heavy (non-hydrogen) atoms. The third-order valence-electron chi connectivity index (χ3n) is 4.58. The van der Waals surface area contributed by atoms with Crippen LogP contribution in [0.25, 0.3) is 22.2 Å². The van der Waals surface area contributed by atoms with Crippen LogP contribution >= 0.6 is 0 Å². The quantitative estimate of drug-likeness (QED) is 0.481. The number of pyridine rings is 1. The van der Waals surface area contributed by atoms with E-state index in [0.717, 1.165) is 51.9 Å². The monoisotopic (exact) mass is 438 g/mol. The van der Waals surface area contributed by atoms with E-state index in [2.05, 4.69) is 40.5 Å². The number of aromatic nitrogens is 3. The van der Waals surface area contributed by atoms with E-state index in [-0.39, 0.29) is 12.4 Å². The third-order valence-corrected chi connectivity index (χ3v) is 4.58. The molecule has 0 aliphatic rings. The molecule has 170 valence electrons. The molecule has 0 aliphatic heterocycles. The molecule has 9 heteroatoms. The molecule has 0 unspecified atom stereocenters. The zero-order valence-electron chi connectivity index (χ0n) is 19.1. The highest BCUT2D eigenvalue weighted by atomic mass is 16.3. The van der Waals surface area contributed by atoms with Crippen molar-refractivity contribution in [1.29, 1.82) is 0 Å². The van der Waals surface area contributed by atoms with Crippen molar-refractivity contribution >= 4 is 34.9 Å². The van der Waals surface area contributed by atoms with Crippen LogP contribution in [-0.2, 0) is 9.59 Å². The van der Waals surface area contributed by atoms with E-state index >= 15 is 0 Å². The molecular weight excluding hydrogens is 408 g/mol. The number of carbonyl (C=O) groups excluding carboxylic acids is 1. The van der Waals surface area contributed by atoms with Gasteiger partial charge in [-0.2, -0.15) is 0 Å². The number of carboxylic acid groups (broad SMARTS) is 1. The molecule has 0 saturated heterocycles. The summed E-state index contributed by atoms with van der Waals surface area (Å²) in [4.78, 5) is 35.9. The summed E-state index contributed by atoms with van der Waals surface area (Å²) >= 11 is 0. The highest BCUT2D eigenvalue weighted by molar-refractivity contribution is 5.96. The van der Waals surface area contributed by atoms with Gasteiger partial charge in [0, 0.05) is 35.6 Å². The van der Waals surface area contributed by atoms with Crippen LogP contribution in [0.2, 0.25) is 0 Å². The van der Waals surface area contributed by atoms with Gasteiger partial charge in [-0.1, -0.05) is 6.92 Å². The third kappa shape index (κ3) is 6.71. The van der Waals surface area contributed by atoms with Gasteiger partial charge >= 0.3 is 0 Å². The molecule has 9 nitrogen and oxygen atoms in total. The predicted octanol–water partition coefficient (Wildman–Crippen LogP) is 3.33. The lowest BCUT2D eigenvalue weighted by molar-refractivity contribution is -0.123. The van der Waals surface area contributed by atoms with Crippen LogP contribution in [0.5, 0.6) is 0 Å². The maximum absolute atomic E-state index is 12.2. The fraction of sp³-hybridized carbons (Fsp3) is 0.348. The number of fused-ring (bicyclic) bond motifs is 1. The number of aryl methyl sites for hydroxylation is 2. The molecule has 0 fully saturated rings. The zero-order valence-corrected chi connectivity index (χ0v) is 19.1. The molecule has 0 aliphatic carbocycles. The summed E-state index contributed by atoms with van der Waals surface area (Å²) in [5, 5.41) is 14.1. The highest BCUT2D eigenvalue weighted by Crippen LogP contribution is 2.28.